The molecule has 8 heteroatoms. The third-order valence-corrected chi connectivity index (χ3v) is 5.20. The summed E-state index contributed by atoms with van der Waals surface area (Å²) in [6.45, 7) is 2.66. The summed E-state index contributed by atoms with van der Waals surface area (Å²) in [7, 11) is 0. The van der Waals surface area contributed by atoms with Crippen LogP contribution in [0, 0.1) is 0 Å². The van der Waals surface area contributed by atoms with Gasteiger partial charge in [-0.3, -0.25) is 5.10 Å². The fourth-order valence-electron chi connectivity index (χ4n) is 3.36. The van der Waals surface area contributed by atoms with Crippen molar-refractivity contribution in [2.75, 3.05) is 11.9 Å². The number of benzene rings is 2. The Bertz CT molecular complexity index is 953. The van der Waals surface area contributed by atoms with Crippen molar-refractivity contribution < 1.29 is 18.3 Å². The van der Waals surface area contributed by atoms with Gasteiger partial charge in [0.2, 0.25) is 0 Å². The molecule has 0 spiro atoms. The lowest BCUT2D eigenvalue weighted by Gasteiger charge is -2.38. The Balaban J connectivity index is 1.86. The van der Waals surface area contributed by atoms with E-state index in [1.165, 1.54) is 6.20 Å². The topological polar surface area (TPSA) is 60.9 Å². The molecule has 0 radical (unpaired) electrons. The summed E-state index contributed by atoms with van der Waals surface area (Å²) >= 11 is 5.88. The molecule has 28 heavy (non-hydrogen) atoms. The molecular formula is C20H21ClF3N3O. The maximum Gasteiger partial charge on any atom is 0.418 e. The molecule has 3 rings (SSSR count). The first-order chi connectivity index (χ1) is 13.0. The highest BCUT2D eigenvalue weighted by Gasteiger charge is 2.55. The van der Waals surface area contributed by atoms with Crippen LogP contribution in [0.25, 0.3) is 10.9 Å². The highest BCUT2D eigenvalue weighted by atomic mass is 35.5. The zero-order chi connectivity index (χ0) is 20.6. The molecule has 0 saturated heterocycles. The summed E-state index contributed by atoms with van der Waals surface area (Å²) < 4.78 is 41.5. The summed E-state index contributed by atoms with van der Waals surface area (Å²) in [4.78, 5) is 0. The number of H-pyrrole nitrogens is 1. The van der Waals surface area contributed by atoms with E-state index in [9.17, 15) is 18.3 Å². The van der Waals surface area contributed by atoms with Gasteiger partial charge in [-0.05, 0) is 41.7 Å². The number of fused-ring (bicyclic) bond motifs is 1. The number of aromatic amines is 1. The second-order valence-corrected chi connectivity index (χ2v) is 8.02. The number of aliphatic hydroxyl groups is 1. The SMILES string of the molecule is CC(C)(CC(O)(CNc1cccc2[nH]ncc12)C(F)(F)F)c1ccc(Cl)cc1. The minimum atomic E-state index is -4.81. The molecule has 2 aromatic carbocycles. The molecular weight excluding hydrogens is 391 g/mol. The molecule has 0 aliphatic rings. The third-order valence-electron chi connectivity index (χ3n) is 4.94. The highest BCUT2D eigenvalue weighted by molar-refractivity contribution is 6.30. The van der Waals surface area contributed by atoms with Crippen LogP contribution in [0.3, 0.4) is 0 Å². The van der Waals surface area contributed by atoms with Crippen molar-refractivity contribution in [1.29, 1.82) is 0 Å². The van der Waals surface area contributed by atoms with Crippen LogP contribution in [-0.4, -0.2) is 33.6 Å². The first-order valence-corrected chi connectivity index (χ1v) is 9.11. The van der Waals surface area contributed by atoms with Crippen LogP contribution in [-0.2, 0) is 5.41 Å². The van der Waals surface area contributed by atoms with Gasteiger partial charge in [0, 0.05) is 16.1 Å². The van der Waals surface area contributed by atoms with Crippen LogP contribution in [0.1, 0.15) is 25.8 Å². The molecule has 0 aliphatic carbocycles. The van der Waals surface area contributed by atoms with Crippen LogP contribution in [0.4, 0.5) is 18.9 Å². The summed E-state index contributed by atoms with van der Waals surface area (Å²) in [6, 6.07) is 11.7. The van der Waals surface area contributed by atoms with Crippen molar-refractivity contribution in [3.05, 3.63) is 59.2 Å². The quantitative estimate of drug-likeness (QED) is 0.516. The largest absolute Gasteiger partial charge is 0.418 e. The Hall–Kier alpha value is -2.25. The van der Waals surface area contributed by atoms with Crippen molar-refractivity contribution in [2.45, 2.75) is 37.5 Å². The zero-order valence-corrected chi connectivity index (χ0v) is 16.2. The number of rotatable bonds is 6. The van der Waals surface area contributed by atoms with E-state index in [1.54, 1.807) is 56.3 Å². The number of anilines is 1. The van der Waals surface area contributed by atoms with Crippen LogP contribution in [0.2, 0.25) is 5.02 Å². The van der Waals surface area contributed by atoms with Gasteiger partial charge in [0.1, 0.15) is 0 Å². The Kier molecular flexibility index (Phi) is 5.34. The first-order valence-electron chi connectivity index (χ1n) is 8.73. The zero-order valence-electron chi connectivity index (χ0n) is 15.4. The number of halogens is 4. The Labute approximate surface area is 165 Å². The molecule has 1 aromatic heterocycles. The van der Waals surface area contributed by atoms with Gasteiger partial charge in [0.15, 0.2) is 5.60 Å². The third kappa shape index (κ3) is 4.10. The molecule has 0 bridgehead atoms. The maximum atomic E-state index is 13.8. The molecule has 0 fully saturated rings. The standard InChI is InChI=1S/C20H21ClF3N3O/c1-18(2,13-6-8-14(21)9-7-13)11-19(28,20(22,23)24)12-25-16-4-3-5-17-15(16)10-26-27-17/h3-10,25,28H,11-12H2,1-2H3,(H,26,27). The molecule has 1 heterocycles. The van der Waals surface area contributed by atoms with Crippen LogP contribution in [0.15, 0.2) is 48.7 Å². The number of alkyl halides is 3. The predicted molar refractivity (Wildman–Crippen MR) is 105 cm³/mol. The Morgan fingerprint density at radius 1 is 1.11 bits per heavy atom. The Morgan fingerprint density at radius 3 is 2.43 bits per heavy atom. The van der Waals surface area contributed by atoms with Gasteiger partial charge < -0.3 is 10.4 Å². The molecule has 3 aromatic rings. The van der Waals surface area contributed by atoms with Crippen molar-refractivity contribution >= 4 is 28.2 Å². The van der Waals surface area contributed by atoms with E-state index in [0.717, 1.165) is 0 Å². The summed E-state index contributed by atoms with van der Waals surface area (Å²) in [6.07, 6.45) is -3.80. The predicted octanol–water partition coefficient (Wildman–Crippen LogP) is 5.29. The van der Waals surface area contributed by atoms with E-state index in [-0.39, 0.29) is 0 Å². The maximum absolute atomic E-state index is 13.8. The first kappa shape index (κ1) is 20.5. The number of hydrogen-bond acceptors (Lipinski definition) is 3. The second kappa shape index (κ2) is 7.29. The molecule has 1 unspecified atom stereocenters. The fourth-order valence-corrected chi connectivity index (χ4v) is 3.49. The number of aromatic nitrogens is 2. The summed E-state index contributed by atoms with van der Waals surface area (Å²) in [5.74, 6) is 0. The fraction of sp³-hybridized carbons (Fsp3) is 0.350. The van der Waals surface area contributed by atoms with Gasteiger partial charge in [0.25, 0.3) is 0 Å². The molecule has 150 valence electrons. The van der Waals surface area contributed by atoms with Gasteiger partial charge in [-0.1, -0.05) is 43.6 Å². The van der Waals surface area contributed by atoms with Gasteiger partial charge in [-0.2, -0.15) is 18.3 Å². The average molecular weight is 412 g/mol. The number of nitrogens with one attached hydrogen (secondary N) is 2. The monoisotopic (exact) mass is 411 g/mol. The minimum Gasteiger partial charge on any atom is -0.381 e. The lowest BCUT2D eigenvalue weighted by molar-refractivity contribution is -0.260. The molecule has 0 aliphatic heterocycles. The van der Waals surface area contributed by atoms with Crippen molar-refractivity contribution in [3.63, 3.8) is 0 Å². The van der Waals surface area contributed by atoms with E-state index >= 15 is 0 Å². The Morgan fingerprint density at radius 2 is 1.79 bits per heavy atom. The van der Waals surface area contributed by atoms with E-state index in [1.807, 2.05) is 0 Å². The normalized spacial score (nSPS) is 14.8. The highest BCUT2D eigenvalue weighted by Crippen LogP contribution is 2.41. The van der Waals surface area contributed by atoms with Crippen molar-refractivity contribution in [2.24, 2.45) is 0 Å². The summed E-state index contributed by atoms with van der Waals surface area (Å²) in [5, 5.41) is 21.2. The van der Waals surface area contributed by atoms with Crippen LogP contribution < -0.4 is 5.32 Å². The van der Waals surface area contributed by atoms with E-state index < -0.39 is 30.2 Å². The smallest absolute Gasteiger partial charge is 0.381 e. The van der Waals surface area contributed by atoms with E-state index in [4.69, 9.17) is 11.6 Å². The lowest BCUT2D eigenvalue weighted by Crippen LogP contribution is -2.53. The van der Waals surface area contributed by atoms with Crippen molar-refractivity contribution in [1.82, 2.24) is 10.2 Å². The van der Waals surface area contributed by atoms with Crippen LogP contribution in [0.5, 0.6) is 0 Å². The molecule has 0 saturated carbocycles. The number of hydrogen-bond donors (Lipinski definition) is 3. The van der Waals surface area contributed by atoms with Crippen LogP contribution >= 0.6 is 11.6 Å². The average Bonchev–Trinajstić information content (AvgIpc) is 3.08. The van der Waals surface area contributed by atoms with Gasteiger partial charge in [-0.15, -0.1) is 0 Å². The van der Waals surface area contributed by atoms with Gasteiger partial charge in [-0.25, -0.2) is 0 Å². The molecule has 1 atom stereocenters. The molecule has 3 N–H and O–H groups in total. The molecule has 4 nitrogen and oxygen atoms in total. The van der Waals surface area contributed by atoms with Gasteiger partial charge in [0.05, 0.1) is 18.3 Å². The summed E-state index contributed by atoms with van der Waals surface area (Å²) in [5.41, 5.74) is -2.03. The lowest BCUT2D eigenvalue weighted by atomic mass is 9.75. The van der Waals surface area contributed by atoms with E-state index in [2.05, 4.69) is 15.5 Å². The molecule has 0 amide bonds. The number of nitrogens with zero attached hydrogens (tertiary/aromatic N) is 1. The minimum absolute atomic E-state index is 0.471. The van der Waals surface area contributed by atoms with Crippen molar-refractivity contribution in [3.8, 4) is 0 Å². The second-order valence-electron chi connectivity index (χ2n) is 7.59. The van der Waals surface area contributed by atoms with Gasteiger partial charge >= 0.3 is 6.18 Å². The van der Waals surface area contributed by atoms with E-state index in [0.29, 0.717) is 27.2 Å².